The average molecular weight is 327 g/mol. The van der Waals surface area contributed by atoms with Crippen LogP contribution in [0.1, 0.15) is 5.69 Å². The highest BCUT2D eigenvalue weighted by Gasteiger charge is 2.06. The first kappa shape index (κ1) is 15.1. The van der Waals surface area contributed by atoms with Crippen molar-refractivity contribution in [2.45, 2.75) is 6.92 Å². The lowest BCUT2D eigenvalue weighted by Crippen LogP contribution is -2.19. The minimum Gasteiger partial charge on any atom is -0.308 e. The Bertz CT molecular complexity index is 827. The number of rotatable bonds is 3. The molecule has 2 N–H and O–H groups in total. The molecule has 0 atom stereocenters. The lowest BCUT2D eigenvalue weighted by atomic mass is 10.3. The smallest absolute Gasteiger partial charge is 0.308 e. The van der Waals surface area contributed by atoms with Crippen molar-refractivity contribution in [3.63, 3.8) is 0 Å². The third-order valence-electron chi connectivity index (χ3n) is 3.23. The fourth-order valence-corrected chi connectivity index (χ4v) is 2.29. The van der Waals surface area contributed by atoms with Gasteiger partial charge in [0.05, 0.1) is 22.1 Å². The Morgan fingerprint density at radius 3 is 2.43 bits per heavy atom. The number of para-hydroxylation sites is 1. The van der Waals surface area contributed by atoms with Gasteiger partial charge in [0.1, 0.15) is 0 Å². The summed E-state index contributed by atoms with van der Waals surface area (Å²) in [6.07, 6.45) is 1.89. The van der Waals surface area contributed by atoms with E-state index in [0.29, 0.717) is 16.4 Å². The quantitative estimate of drug-likeness (QED) is 0.745. The molecule has 116 valence electrons. The van der Waals surface area contributed by atoms with Crippen LogP contribution in [-0.4, -0.2) is 15.8 Å². The molecule has 1 heterocycles. The maximum absolute atomic E-state index is 12.0. The van der Waals surface area contributed by atoms with Gasteiger partial charge in [-0.2, -0.15) is 5.10 Å². The normalized spacial score (nSPS) is 10.3. The fraction of sp³-hybridized carbons (Fsp3) is 0.0588. The van der Waals surface area contributed by atoms with Crippen molar-refractivity contribution in [1.82, 2.24) is 9.78 Å². The number of amides is 2. The number of hydrogen-bond acceptors (Lipinski definition) is 2. The Morgan fingerprint density at radius 2 is 1.78 bits per heavy atom. The van der Waals surface area contributed by atoms with E-state index in [4.69, 9.17) is 11.6 Å². The van der Waals surface area contributed by atoms with Crippen LogP contribution in [0.25, 0.3) is 5.69 Å². The molecular formula is C17H15ClN4O. The van der Waals surface area contributed by atoms with Crippen LogP contribution in [0.3, 0.4) is 0 Å². The Labute approximate surface area is 138 Å². The van der Waals surface area contributed by atoms with Gasteiger partial charge in [0.15, 0.2) is 0 Å². The number of carbonyl (C=O) groups is 1. The molecule has 0 unspecified atom stereocenters. The number of halogens is 1. The first-order valence-corrected chi connectivity index (χ1v) is 7.45. The molecule has 6 heteroatoms. The van der Waals surface area contributed by atoms with Gasteiger partial charge in [-0.15, -0.1) is 0 Å². The van der Waals surface area contributed by atoms with E-state index in [0.717, 1.165) is 11.4 Å². The van der Waals surface area contributed by atoms with Gasteiger partial charge in [-0.25, -0.2) is 9.48 Å². The van der Waals surface area contributed by atoms with Crippen LogP contribution in [0.5, 0.6) is 0 Å². The van der Waals surface area contributed by atoms with Crippen molar-refractivity contribution in [2.24, 2.45) is 0 Å². The summed E-state index contributed by atoms with van der Waals surface area (Å²) >= 11 is 6.01. The highest BCUT2D eigenvalue weighted by molar-refractivity contribution is 6.33. The van der Waals surface area contributed by atoms with Gasteiger partial charge in [0.25, 0.3) is 0 Å². The monoisotopic (exact) mass is 326 g/mol. The average Bonchev–Trinajstić information content (AvgIpc) is 2.97. The molecule has 0 radical (unpaired) electrons. The predicted octanol–water partition coefficient (Wildman–Crippen LogP) is 4.48. The summed E-state index contributed by atoms with van der Waals surface area (Å²) in [5.41, 5.74) is 3.12. The van der Waals surface area contributed by atoms with E-state index >= 15 is 0 Å². The molecule has 3 rings (SSSR count). The van der Waals surface area contributed by atoms with Crippen molar-refractivity contribution in [3.05, 3.63) is 71.5 Å². The maximum atomic E-state index is 12.0. The summed E-state index contributed by atoms with van der Waals surface area (Å²) in [5, 5.41) is 10.3. The van der Waals surface area contributed by atoms with Crippen LogP contribution in [0.4, 0.5) is 16.2 Å². The molecule has 2 aromatic carbocycles. The van der Waals surface area contributed by atoms with E-state index in [1.165, 1.54) is 0 Å². The highest BCUT2D eigenvalue weighted by atomic mass is 35.5. The standard InChI is InChI=1S/C17H15ClN4O/c1-12-10-11-22(21-12)14-8-6-13(7-9-14)19-17(23)20-16-5-3-2-4-15(16)18/h2-11H,1H3,(H2,19,20,23). The van der Waals surface area contributed by atoms with Crippen LogP contribution in [0, 0.1) is 6.92 Å². The number of anilines is 2. The fourth-order valence-electron chi connectivity index (χ4n) is 2.10. The molecule has 0 bridgehead atoms. The zero-order valence-corrected chi connectivity index (χ0v) is 13.2. The second kappa shape index (κ2) is 6.54. The number of benzene rings is 2. The maximum Gasteiger partial charge on any atom is 0.323 e. The van der Waals surface area contributed by atoms with Crippen LogP contribution >= 0.6 is 11.6 Å². The molecule has 0 aliphatic heterocycles. The van der Waals surface area contributed by atoms with Crippen molar-refractivity contribution >= 4 is 29.0 Å². The summed E-state index contributed by atoms with van der Waals surface area (Å²) in [4.78, 5) is 12.0. The molecule has 0 fully saturated rings. The number of aromatic nitrogens is 2. The Hall–Kier alpha value is -2.79. The lowest BCUT2D eigenvalue weighted by molar-refractivity contribution is 0.262. The summed E-state index contributed by atoms with van der Waals surface area (Å²) in [6.45, 7) is 1.94. The molecule has 0 spiro atoms. The number of hydrogen-bond donors (Lipinski definition) is 2. The summed E-state index contributed by atoms with van der Waals surface area (Å²) in [7, 11) is 0. The van der Waals surface area contributed by atoms with Gasteiger partial charge >= 0.3 is 6.03 Å². The summed E-state index contributed by atoms with van der Waals surface area (Å²) in [6, 6.07) is 16.1. The van der Waals surface area contributed by atoms with Crippen molar-refractivity contribution < 1.29 is 4.79 Å². The second-order valence-electron chi connectivity index (χ2n) is 5.01. The van der Waals surface area contributed by atoms with Gasteiger partial charge in [-0.05, 0) is 49.4 Å². The van der Waals surface area contributed by atoms with Crippen LogP contribution < -0.4 is 10.6 Å². The molecule has 2 amide bonds. The van der Waals surface area contributed by atoms with Gasteiger partial charge in [-0.3, -0.25) is 0 Å². The third-order valence-corrected chi connectivity index (χ3v) is 3.56. The van der Waals surface area contributed by atoms with Crippen LogP contribution in [-0.2, 0) is 0 Å². The second-order valence-corrected chi connectivity index (χ2v) is 5.41. The number of carbonyl (C=O) groups excluding carboxylic acids is 1. The Balaban J connectivity index is 1.66. The zero-order valence-electron chi connectivity index (χ0n) is 12.5. The first-order valence-electron chi connectivity index (χ1n) is 7.07. The molecular weight excluding hydrogens is 312 g/mol. The number of nitrogens with one attached hydrogen (secondary N) is 2. The SMILES string of the molecule is Cc1ccn(-c2ccc(NC(=O)Nc3ccccc3Cl)cc2)n1. The van der Waals surface area contributed by atoms with E-state index in [2.05, 4.69) is 15.7 Å². The van der Waals surface area contributed by atoms with Crippen molar-refractivity contribution in [1.29, 1.82) is 0 Å². The lowest BCUT2D eigenvalue weighted by Gasteiger charge is -2.09. The number of aryl methyl sites for hydroxylation is 1. The Morgan fingerprint density at radius 1 is 1.04 bits per heavy atom. The number of nitrogens with zero attached hydrogens (tertiary/aromatic N) is 2. The Kier molecular flexibility index (Phi) is 4.30. The molecule has 0 saturated carbocycles. The van der Waals surface area contributed by atoms with E-state index in [-0.39, 0.29) is 6.03 Å². The number of urea groups is 1. The van der Waals surface area contributed by atoms with Crippen LogP contribution in [0.15, 0.2) is 60.8 Å². The summed E-state index contributed by atoms with van der Waals surface area (Å²) in [5.74, 6) is 0. The van der Waals surface area contributed by atoms with Crippen molar-refractivity contribution in [3.8, 4) is 5.69 Å². The van der Waals surface area contributed by atoms with Gasteiger partial charge in [-0.1, -0.05) is 23.7 Å². The predicted molar refractivity (Wildman–Crippen MR) is 92.4 cm³/mol. The molecule has 1 aromatic heterocycles. The molecule has 3 aromatic rings. The molecule has 23 heavy (non-hydrogen) atoms. The molecule has 0 aliphatic rings. The van der Waals surface area contributed by atoms with Gasteiger partial charge in [0, 0.05) is 11.9 Å². The minimum absolute atomic E-state index is 0.346. The van der Waals surface area contributed by atoms with Crippen molar-refractivity contribution in [2.75, 3.05) is 10.6 Å². The first-order chi connectivity index (χ1) is 11.1. The largest absolute Gasteiger partial charge is 0.323 e. The highest BCUT2D eigenvalue weighted by Crippen LogP contribution is 2.21. The molecule has 0 saturated heterocycles. The minimum atomic E-state index is -0.346. The van der Waals surface area contributed by atoms with E-state index < -0.39 is 0 Å². The summed E-state index contributed by atoms with van der Waals surface area (Å²) < 4.78 is 1.78. The van der Waals surface area contributed by atoms with Gasteiger partial charge in [0.2, 0.25) is 0 Å². The zero-order chi connectivity index (χ0) is 16.2. The third kappa shape index (κ3) is 3.70. The van der Waals surface area contributed by atoms with Crippen LogP contribution in [0.2, 0.25) is 5.02 Å². The van der Waals surface area contributed by atoms with E-state index in [1.54, 1.807) is 22.9 Å². The topological polar surface area (TPSA) is 59.0 Å². The molecule has 5 nitrogen and oxygen atoms in total. The molecule has 0 aliphatic carbocycles. The van der Waals surface area contributed by atoms with E-state index in [1.807, 2.05) is 49.5 Å². The van der Waals surface area contributed by atoms with Gasteiger partial charge < -0.3 is 10.6 Å². The van der Waals surface area contributed by atoms with E-state index in [9.17, 15) is 4.79 Å².